The lowest BCUT2D eigenvalue weighted by Crippen LogP contribution is -2.37. The first-order valence-corrected chi connectivity index (χ1v) is 6.96. The molecule has 1 unspecified atom stereocenters. The largest absolute Gasteiger partial charge is 0.396 e. The number of nitrogens with zero attached hydrogens (tertiary/aromatic N) is 3. The molecule has 19 heavy (non-hydrogen) atoms. The molecule has 0 amide bonds. The number of hydrazine groups is 1. The van der Waals surface area contributed by atoms with Crippen LogP contribution in [0.1, 0.15) is 31.7 Å². The van der Waals surface area contributed by atoms with E-state index in [9.17, 15) is 0 Å². The van der Waals surface area contributed by atoms with Gasteiger partial charge in [0.25, 0.3) is 0 Å². The lowest BCUT2D eigenvalue weighted by molar-refractivity contribution is 0.244. The number of aliphatic hydroxyl groups excluding tert-OH is 1. The van der Waals surface area contributed by atoms with Crippen LogP contribution in [0.3, 0.4) is 0 Å². The number of hydrogen-bond acceptors (Lipinski definition) is 6. The lowest BCUT2D eigenvalue weighted by Gasteiger charge is -2.34. The molecule has 0 radical (unpaired) electrons. The van der Waals surface area contributed by atoms with E-state index in [1.165, 1.54) is 6.42 Å². The smallest absolute Gasteiger partial charge is 0.148 e. The van der Waals surface area contributed by atoms with Crippen molar-refractivity contribution in [2.24, 2.45) is 11.8 Å². The Kier molecular flexibility index (Phi) is 4.93. The highest BCUT2D eigenvalue weighted by molar-refractivity contribution is 5.58. The van der Waals surface area contributed by atoms with E-state index in [2.05, 4.69) is 27.2 Å². The van der Waals surface area contributed by atoms with Crippen LogP contribution in [0.2, 0.25) is 0 Å². The van der Waals surface area contributed by atoms with E-state index in [1.54, 1.807) is 6.33 Å². The van der Waals surface area contributed by atoms with Gasteiger partial charge in [-0.25, -0.2) is 15.8 Å². The van der Waals surface area contributed by atoms with Crippen molar-refractivity contribution in [3.05, 3.63) is 11.9 Å². The van der Waals surface area contributed by atoms with Gasteiger partial charge in [-0.05, 0) is 31.6 Å². The van der Waals surface area contributed by atoms with Crippen molar-refractivity contribution in [2.75, 3.05) is 30.0 Å². The van der Waals surface area contributed by atoms with Crippen LogP contribution in [0.15, 0.2) is 6.33 Å². The highest BCUT2D eigenvalue weighted by Gasteiger charge is 2.23. The van der Waals surface area contributed by atoms with Crippen LogP contribution in [0.25, 0.3) is 0 Å². The van der Waals surface area contributed by atoms with Crippen molar-refractivity contribution >= 4 is 11.6 Å². The number of nitrogens with two attached hydrogens (primary N) is 1. The first-order chi connectivity index (χ1) is 9.30. The summed E-state index contributed by atoms with van der Waals surface area (Å²) in [6.45, 7) is 4.31. The zero-order chi connectivity index (χ0) is 13.7. The fourth-order valence-corrected chi connectivity index (χ4v) is 2.80. The SMILES string of the molecule is CCc1c(NN)ncnc1N1CCCC(CCO)C1. The van der Waals surface area contributed by atoms with Crippen LogP contribution in [0.4, 0.5) is 11.6 Å². The average molecular weight is 265 g/mol. The molecule has 1 aliphatic heterocycles. The summed E-state index contributed by atoms with van der Waals surface area (Å²) in [5.74, 6) is 7.74. The lowest BCUT2D eigenvalue weighted by atomic mass is 9.95. The minimum atomic E-state index is 0.262. The van der Waals surface area contributed by atoms with Gasteiger partial charge >= 0.3 is 0 Å². The molecule has 1 saturated heterocycles. The minimum absolute atomic E-state index is 0.262. The Morgan fingerprint density at radius 1 is 1.53 bits per heavy atom. The summed E-state index contributed by atoms with van der Waals surface area (Å²) in [6.07, 6.45) is 5.59. The summed E-state index contributed by atoms with van der Waals surface area (Å²) in [4.78, 5) is 10.9. The molecule has 0 saturated carbocycles. The van der Waals surface area contributed by atoms with Crippen molar-refractivity contribution in [2.45, 2.75) is 32.6 Å². The van der Waals surface area contributed by atoms with Crippen molar-refractivity contribution in [3.63, 3.8) is 0 Å². The molecule has 0 bridgehead atoms. The maximum atomic E-state index is 9.09. The summed E-state index contributed by atoms with van der Waals surface area (Å²) in [7, 11) is 0. The Morgan fingerprint density at radius 3 is 3.05 bits per heavy atom. The third kappa shape index (κ3) is 3.13. The number of anilines is 2. The predicted molar refractivity (Wildman–Crippen MR) is 75.9 cm³/mol. The number of nitrogen functional groups attached to an aromatic ring is 1. The van der Waals surface area contributed by atoms with E-state index in [4.69, 9.17) is 10.9 Å². The molecule has 0 aliphatic carbocycles. The third-order valence-corrected chi connectivity index (χ3v) is 3.77. The Balaban J connectivity index is 2.20. The van der Waals surface area contributed by atoms with E-state index in [0.717, 1.165) is 43.7 Å². The number of rotatable bonds is 5. The van der Waals surface area contributed by atoms with Gasteiger partial charge in [0, 0.05) is 25.3 Å². The molecule has 6 nitrogen and oxygen atoms in total. The molecule has 6 heteroatoms. The molecule has 4 N–H and O–H groups in total. The van der Waals surface area contributed by atoms with Crippen molar-refractivity contribution in [3.8, 4) is 0 Å². The molecule has 1 atom stereocenters. The van der Waals surface area contributed by atoms with Gasteiger partial charge < -0.3 is 15.4 Å². The first-order valence-electron chi connectivity index (χ1n) is 6.96. The summed E-state index contributed by atoms with van der Waals surface area (Å²) in [6, 6.07) is 0. The van der Waals surface area contributed by atoms with Crippen LogP contribution in [-0.2, 0) is 6.42 Å². The summed E-state index contributed by atoms with van der Waals surface area (Å²) < 4.78 is 0. The fraction of sp³-hybridized carbons (Fsp3) is 0.692. The Hall–Kier alpha value is -1.40. The van der Waals surface area contributed by atoms with Crippen LogP contribution in [0.5, 0.6) is 0 Å². The second kappa shape index (κ2) is 6.68. The van der Waals surface area contributed by atoms with Crippen LogP contribution in [-0.4, -0.2) is 34.8 Å². The molecule has 1 aromatic rings. The van der Waals surface area contributed by atoms with Gasteiger partial charge in [0.05, 0.1) is 0 Å². The predicted octanol–water partition coefficient (Wildman–Crippen LogP) is 0.923. The summed E-state index contributed by atoms with van der Waals surface area (Å²) in [5, 5.41) is 9.09. The molecule has 0 aromatic carbocycles. The number of nitrogens with one attached hydrogen (secondary N) is 1. The second-order valence-electron chi connectivity index (χ2n) is 4.99. The standard InChI is InChI=1S/C13H23N5O/c1-2-11-12(17-14)15-9-16-13(11)18-6-3-4-10(8-18)5-7-19/h9-10,19H,2-8,14H2,1H3,(H,15,16,17). The zero-order valence-electron chi connectivity index (χ0n) is 11.5. The first kappa shape index (κ1) is 14.0. The van der Waals surface area contributed by atoms with Crippen molar-refractivity contribution in [1.29, 1.82) is 0 Å². The minimum Gasteiger partial charge on any atom is -0.396 e. The highest BCUT2D eigenvalue weighted by Crippen LogP contribution is 2.28. The molecule has 1 aromatic heterocycles. The molecule has 0 spiro atoms. The van der Waals surface area contributed by atoms with Gasteiger partial charge in [-0.3, -0.25) is 0 Å². The van der Waals surface area contributed by atoms with Crippen LogP contribution < -0.4 is 16.2 Å². The molecule has 2 rings (SSSR count). The number of hydrogen-bond donors (Lipinski definition) is 3. The van der Waals surface area contributed by atoms with E-state index in [1.807, 2.05) is 0 Å². The van der Waals surface area contributed by atoms with Crippen LogP contribution >= 0.6 is 0 Å². The molecule has 1 aliphatic rings. The average Bonchev–Trinajstić information content (AvgIpc) is 2.47. The van der Waals surface area contributed by atoms with Crippen molar-refractivity contribution in [1.82, 2.24) is 9.97 Å². The van der Waals surface area contributed by atoms with E-state index < -0.39 is 0 Å². The normalized spacial score (nSPS) is 19.5. The monoisotopic (exact) mass is 265 g/mol. The van der Waals surface area contributed by atoms with E-state index in [-0.39, 0.29) is 6.61 Å². The van der Waals surface area contributed by atoms with Gasteiger partial charge in [-0.1, -0.05) is 6.92 Å². The van der Waals surface area contributed by atoms with Gasteiger partial charge in [0.2, 0.25) is 0 Å². The molecule has 2 heterocycles. The topological polar surface area (TPSA) is 87.3 Å². The quantitative estimate of drug-likeness (QED) is 0.542. The van der Waals surface area contributed by atoms with Gasteiger partial charge in [0.15, 0.2) is 0 Å². The molecule has 106 valence electrons. The Morgan fingerprint density at radius 2 is 2.37 bits per heavy atom. The zero-order valence-corrected chi connectivity index (χ0v) is 11.5. The van der Waals surface area contributed by atoms with E-state index >= 15 is 0 Å². The van der Waals surface area contributed by atoms with Crippen LogP contribution in [0, 0.1) is 5.92 Å². The number of aliphatic hydroxyl groups is 1. The highest BCUT2D eigenvalue weighted by atomic mass is 16.3. The number of aromatic nitrogens is 2. The second-order valence-corrected chi connectivity index (χ2v) is 4.99. The fourth-order valence-electron chi connectivity index (χ4n) is 2.80. The molecular weight excluding hydrogens is 242 g/mol. The maximum absolute atomic E-state index is 9.09. The van der Waals surface area contributed by atoms with Crippen molar-refractivity contribution < 1.29 is 5.11 Å². The Bertz CT molecular complexity index is 410. The third-order valence-electron chi connectivity index (χ3n) is 3.77. The number of piperidine rings is 1. The Labute approximate surface area is 114 Å². The molecular formula is C13H23N5O. The maximum Gasteiger partial charge on any atom is 0.148 e. The molecule has 1 fully saturated rings. The van der Waals surface area contributed by atoms with Gasteiger partial charge in [0.1, 0.15) is 18.0 Å². The summed E-state index contributed by atoms with van der Waals surface area (Å²) >= 11 is 0. The summed E-state index contributed by atoms with van der Waals surface area (Å²) in [5.41, 5.74) is 3.71. The van der Waals surface area contributed by atoms with Gasteiger partial charge in [-0.2, -0.15) is 0 Å². The van der Waals surface area contributed by atoms with E-state index in [0.29, 0.717) is 11.7 Å². The van der Waals surface area contributed by atoms with Gasteiger partial charge in [-0.15, -0.1) is 0 Å².